The molecule has 2 aromatic carbocycles. The lowest BCUT2D eigenvalue weighted by molar-refractivity contribution is 0.481. The summed E-state index contributed by atoms with van der Waals surface area (Å²) in [5, 5.41) is 4.57. The number of nitrogens with one attached hydrogen (secondary N) is 1. The molecule has 0 amide bonds. The van der Waals surface area contributed by atoms with Crippen molar-refractivity contribution in [2.24, 2.45) is 0 Å². The smallest absolute Gasteiger partial charge is 0.147 e. The number of hydrogen-bond donors (Lipinski definition) is 1. The Hall–Kier alpha value is -0.740. The SMILES string of the molecule is Clc1cc(Oc2cccc(CNC3CC3)c2)c(Cl)cc1Br. The molecule has 3 rings (SSSR count). The first-order valence-electron chi connectivity index (χ1n) is 6.76. The Morgan fingerprint density at radius 2 is 1.95 bits per heavy atom. The van der Waals surface area contributed by atoms with Crippen molar-refractivity contribution in [3.63, 3.8) is 0 Å². The molecule has 21 heavy (non-hydrogen) atoms. The molecule has 0 saturated heterocycles. The summed E-state index contributed by atoms with van der Waals surface area (Å²) >= 11 is 15.6. The van der Waals surface area contributed by atoms with E-state index in [2.05, 4.69) is 27.3 Å². The summed E-state index contributed by atoms with van der Waals surface area (Å²) in [6.45, 7) is 0.858. The van der Waals surface area contributed by atoms with E-state index in [1.807, 2.05) is 18.2 Å². The van der Waals surface area contributed by atoms with Gasteiger partial charge in [0.25, 0.3) is 0 Å². The lowest BCUT2D eigenvalue weighted by atomic mass is 10.2. The molecule has 0 heterocycles. The molecule has 5 heteroatoms. The quantitative estimate of drug-likeness (QED) is 0.655. The molecule has 0 atom stereocenters. The van der Waals surface area contributed by atoms with Gasteiger partial charge in [-0.3, -0.25) is 0 Å². The van der Waals surface area contributed by atoms with Gasteiger partial charge in [0.1, 0.15) is 11.5 Å². The Balaban J connectivity index is 1.74. The average Bonchev–Trinajstić information content (AvgIpc) is 3.27. The zero-order valence-corrected chi connectivity index (χ0v) is 14.3. The zero-order chi connectivity index (χ0) is 14.8. The van der Waals surface area contributed by atoms with Crippen molar-refractivity contribution in [3.8, 4) is 11.5 Å². The van der Waals surface area contributed by atoms with Gasteiger partial charge in [0.05, 0.1) is 10.0 Å². The second kappa shape index (κ2) is 6.57. The van der Waals surface area contributed by atoms with Crippen LogP contribution in [0.4, 0.5) is 0 Å². The number of halogens is 3. The van der Waals surface area contributed by atoms with Crippen LogP contribution in [0.15, 0.2) is 40.9 Å². The van der Waals surface area contributed by atoms with Crippen molar-refractivity contribution >= 4 is 39.1 Å². The van der Waals surface area contributed by atoms with E-state index < -0.39 is 0 Å². The highest BCUT2D eigenvalue weighted by Gasteiger charge is 2.19. The third kappa shape index (κ3) is 4.13. The minimum absolute atomic E-state index is 0.521. The normalized spacial score (nSPS) is 14.2. The van der Waals surface area contributed by atoms with Gasteiger partial charge in [-0.15, -0.1) is 0 Å². The van der Waals surface area contributed by atoms with Crippen LogP contribution in [0.5, 0.6) is 11.5 Å². The van der Waals surface area contributed by atoms with Gasteiger partial charge >= 0.3 is 0 Å². The maximum atomic E-state index is 6.18. The minimum atomic E-state index is 0.521. The highest BCUT2D eigenvalue weighted by Crippen LogP contribution is 2.36. The Morgan fingerprint density at radius 1 is 1.14 bits per heavy atom. The molecule has 0 radical (unpaired) electrons. The standard InChI is InChI=1S/C16H14BrCl2NO/c17-13-7-15(19)16(8-14(13)18)21-12-3-1-2-10(6-12)9-20-11-4-5-11/h1-3,6-8,11,20H,4-5,9H2. The molecule has 2 aromatic rings. The highest BCUT2D eigenvalue weighted by molar-refractivity contribution is 9.10. The van der Waals surface area contributed by atoms with Crippen LogP contribution < -0.4 is 10.1 Å². The molecule has 1 aliphatic rings. The Kier molecular flexibility index (Phi) is 4.75. The topological polar surface area (TPSA) is 21.3 Å². The molecule has 1 aliphatic carbocycles. The summed E-state index contributed by atoms with van der Waals surface area (Å²) in [5.74, 6) is 1.31. The number of rotatable bonds is 5. The van der Waals surface area contributed by atoms with E-state index in [4.69, 9.17) is 27.9 Å². The fraction of sp³-hybridized carbons (Fsp3) is 0.250. The van der Waals surface area contributed by atoms with Crippen molar-refractivity contribution in [2.45, 2.75) is 25.4 Å². The molecule has 0 aromatic heterocycles. The maximum Gasteiger partial charge on any atom is 0.147 e. The first kappa shape index (κ1) is 15.2. The largest absolute Gasteiger partial charge is 0.456 e. The Labute approximate surface area is 142 Å². The van der Waals surface area contributed by atoms with Crippen molar-refractivity contribution in [1.82, 2.24) is 5.32 Å². The fourth-order valence-corrected chi connectivity index (χ4v) is 2.81. The van der Waals surface area contributed by atoms with Crippen molar-refractivity contribution in [3.05, 3.63) is 56.5 Å². The average molecular weight is 387 g/mol. The molecular formula is C16H14BrCl2NO. The summed E-state index contributed by atoms with van der Waals surface area (Å²) in [4.78, 5) is 0. The van der Waals surface area contributed by atoms with E-state index in [1.165, 1.54) is 18.4 Å². The molecule has 1 saturated carbocycles. The molecule has 0 bridgehead atoms. The molecule has 0 unspecified atom stereocenters. The van der Waals surface area contributed by atoms with Crippen LogP contribution in [0, 0.1) is 0 Å². The number of ether oxygens (including phenoxy) is 1. The van der Waals surface area contributed by atoms with Crippen LogP contribution in [0.2, 0.25) is 10.0 Å². The molecule has 0 aliphatic heterocycles. The summed E-state index contributed by atoms with van der Waals surface area (Å²) in [6.07, 6.45) is 2.56. The van der Waals surface area contributed by atoms with Crippen LogP contribution in [0.3, 0.4) is 0 Å². The van der Waals surface area contributed by atoms with Crippen molar-refractivity contribution in [2.75, 3.05) is 0 Å². The summed E-state index contributed by atoms with van der Waals surface area (Å²) in [5.41, 5.74) is 1.19. The van der Waals surface area contributed by atoms with Gasteiger partial charge in [-0.2, -0.15) is 0 Å². The second-order valence-electron chi connectivity index (χ2n) is 5.10. The maximum absolute atomic E-state index is 6.18. The molecule has 1 N–H and O–H groups in total. The predicted molar refractivity (Wildman–Crippen MR) is 90.5 cm³/mol. The summed E-state index contributed by atoms with van der Waals surface area (Å²) in [7, 11) is 0. The first-order chi connectivity index (χ1) is 10.1. The van der Waals surface area contributed by atoms with Gasteiger partial charge < -0.3 is 10.1 Å². The van der Waals surface area contributed by atoms with Crippen LogP contribution in [-0.4, -0.2) is 6.04 Å². The van der Waals surface area contributed by atoms with Gasteiger partial charge in [-0.25, -0.2) is 0 Å². The van der Waals surface area contributed by atoms with Crippen LogP contribution in [0.1, 0.15) is 18.4 Å². The third-order valence-corrected chi connectivity index (χ3v) is 4.77. The van der Waals surface area contributed by atoms with Crippen molar-refractivity contribution in [1.29, 1.82) is 0 Å². The van der Waals surface area contributed by atoms with E-state index in [0.29, 0.717) is 21.8 Å². The Morgan fingerprint density at radius 3 is 2.71 bits per heavy atom. The van der Waals surface area contributed by atoms with E-state index in [1.54, 1.807) is 12.1 Å². The van der Waals surface area contributed by atoms with Gasteiger partial charge in [0.15, 0.2) is 0 Å². The number of benzene rings is 2. The molecule has 2 nitrogen and oxygen atoms in total. The molecule has 110 valence electrons. The van der Waals surface area contributed by atoms with E-state index in [0.717, 1.165) is 16.8 Å². The van der Waals surface area contributed by atoms with E-state index >= 15 is 0 Å². The second-order valence-corrected chi connectivity index (χ2v) is 6.77. The number of hydrogen-bond acceptors (Lipinski definition) is 2. The first-order valence-corrected chi connectivity index (χ1v) is 8.31. The molecule has 0 spiro atoms. The predicted octanol–water partition coefficient (Wildman–Crippen LogP) is 5.80. The molecular weight excluding hydrogens is 373 g/mol. The van der Waals surface area contributed by atoms with Gasteiger partial charge in [0.2, 0.25) is 0 Å². The highest BCUT2D eigenvalue weighted by atomic mass is 79.9. The Bertz CT molecular complexity index is 659. The molecule has 1 fully saturated rings. The summed E-state index contributed by atoms with van der Waals surface area (Å²) in [6, 6.07) is 12.1. The van der Waals surface area contributed by atoms with Crippen LogP contribution in [-0.2, 0) is 6.54 Å². The minimum Gasteiger partial charge on any atom is -0.456 e. The van der Waals surface area contributed by atoms with Crippen LogP contribution in [0.25, 0.3) is 0 Å². The summed E-state index contributed by atoms with van der Waals surface area (Å²) < 4.78 is 6.60. The van der Waals surface area contributed by atoms with Gasteiger partial charge in [-0.1, -0.05) is 35.3 Å². The fourth-order valence-electron chi connectivity index (χ4n) is 1.98. The van der Waals surface area contributed by atoms with E-state index in [-0.39, 0.29) is 0 Å². The van der Waals surface area contributed by atoms with Crippen molar-refractivity contribution < 1.29 is 4.74 Å². The third-order valence-electron chi connectivity index (χ3n) is 3.27. The van der Waals surface area contributed by atoms with E-state index in [9.17, 15) is 0 Å². The lowest BCUT2D eigenvalue weighted by Gasteiger charge is -2.10. The lowest BCUT2D eigenvalue weighted by Crippen LogP contribution is -2.15. The van der Waals surface area contributed by atoms with Gasteiger partial charge in [0, 0.05) is 23.1 Å². The monoisotopic (exact) mass is 385 g/mol. The van der Waals surface area contributed by atoms with Crippen LogP contribution >= 0.6 is 39.1 Å². The van der Waals surface area contributed by atoms with Gasteiger partial charge in [-0.05, 0) is 52.5 Å². The zero-order valence-electron chi connectivity index (χ0n) is 11.2.